The molecule has 7 nitrogen and oxygen atoms in total. The summed E-state index contributed by atoms with van der Waals surface area (Å²) < 4.78 is 36.1. The molecule has 2 aromatic rings. The first-order valence-electron chi connectivity index (χ1n) is 8.54. The van der Waals surface area contributed by atoms with Crippen LogP contribution in [0.1, 0.15) is 12.5 Å². The fourth-order valence-corrected chi connectivity index (χ4v) is 3.51. The Balaban J connectivity index is 2.11. The summed E-state index contributed by atoms with van der Waals surface area (Å²) in [5.41, 5.74) is 1.07. The first-order chi connectivity index (χ1) is 13.2. The molecule has 0 aliphatic rings. The van der Waals surface area contributed by atoms with Gasteiger partial charge in [-0.2, -0.15) is 0 Å². The van der Waals surface area contributed by atoms with Crippen LogP contribution in [-0.2, 0) is 21.4 Å². The molecule has 28 heavy (non-hydrogen) atoms. The third kappa shape index (κ3) is 6.03. The molecule has 0 fully saturated rings. The summed E-state index contributed by atoms with van der Waals surface area (Å²) >= 11 is 5.99. The SMILES string of the molecule is CCOc1ccc(CNC(=O)CN(c2cc(Cl)ccc2OC)S(C)(=O)=O)cc1. The lowest BCUT2D eigenvalue weighted by atomic mass is 10.2. The standard InChI is InChI=1S/C19H23ClN2O5S/c1-4-27-16-8-5-14(6-9-16)12-21-19(23)13-22(28(3,24)25)17-11-15(20)7-10-18(17)26-2/h5-11H,4,12-13H2,1-3H3,(H,21,23). The van der Waals surface area contributed by atoms with E-state index in [-0.39, 0.29) is 12.2 Å². The van der Waals surface area contributed by atoms with E-state index in [1.807, 2.05) is 31.2 Å². The number of rotatable bonds is 9. The van der Waals surface area contributed by atoms with Gasteiger partial charge in [-0.3, -0.25) is 9.10 Å². The van der Waals surface area contributed by atoms with Gasteiger partial charge in [0, 0.05) is 11.6 Å². The monoisotopic (exact) mass is 426 g/mol. The highest BCUT2D eigenvalue weighted by atomic mass is 35.5. The Kier molecular flexibility index (Phi) is 7.53. The first kappa shape index (κ1) is 21.8. The van der Waals surface area contributed by atoms with Crippen LogP contribution in [-0.4, -0.2) is 40.8 Å². The van der Waals surface area contributed by atoms with Crippen molar-refractivity contribution in [3.8, 4) is 11.5 Å². The van der Waals surface area contributed by atoms with E-state index in [0.29, 0.717) is 17.4 Å². The van der Waals surface area contributed by atoms with Gasteiger partial charge in [-0.15, -0.1) is 0 Å². The second-order valence-electron chi connectivity index (χ2n) is 5.94. The fourth-order valence-electron chi connectivity index (χ4n) is 2.50. The molecule has 0 aromatic heterocycles. The molecule has 152 valence electrons. The lowest BCUT2D eigenvalue weighted by molar-refractivity contribution is -0.119. The molecule has 0 aliphatic heterocycles. The maximum absolute atomic E-state index is 12.4. The van der Waals surface area contributed by atoms with Crippen molar-refractivity contribution >= 4 is 33.2 Å². The highest BCUT2D eigenvalue weighted by Crippen LogP contribution is 2.32. The summed E-state index contributed by atoms with van der Waals surface area (Å²) in [4.78, 5) is 12.4. The number of sulfonamides is 1. The second kappa shape index (κ2) is 9.66. The van der Waals surface area contributed by atoms with Crippen LogP contribution < -0.4 is 19.1 Å². The summed E-state index contributed by atoms with van der Waals surface area (Å²) in [5.74, 6) is 0.587. The molecule has 0 spiro atoms. The van der Waals surface area contributed by atoms with Crippen molar-refractivity contribution in [3.05, 3.63) is 53.1 Å². The van der Waals surface area contributed by atoms with Gasteiger partial charge < -0.3 is 14.8 Å². The van der Waals surface area contributed by atoms with Crippen molar-refractivity contribution in [1.29, 1.82) is 0 Å². The molecule has 0 aliphatic carbocycles. The van der Waals surface area contributed by atoms with Gasteiger partial charge in [0.05, 0.1) is 25.7 Å². The summed E-state index contributed by atoms with van der Waals surface area (Å²) in [7, 11) is -2.32. The van der Waals surface area contributed by atoms with E-state index in [1.165, 1.54) is 13.2 Å². The van der Waals surface area contributed by atoms with Crippen LogP contribution in [0, 0.1) is 0 Å². The lowest BCUT2D eigenvalue weighted by Gasteiger charge is -2.24. The average molecular weight is 427 g/mol. The molecule has 9 heteroatoms. The highest BCUT2D eigenvalue weighted by molar-refractivity contribution is 7.92. The van der Waals surface area contributed by atoms with E-state index in [4.69, 9.17) is 21.1 Å². The van der Waals surface area contributed by atoms with E-state index < -0.39 is 22.5 Å². The summed E-state index contributed by atoms with van der Waals surface area (Å²) in [6, 6.07) is 11.9. The zero-order valence-corrected chi connectivity index (χ0v) is 17.5. The zero-order valence-electron chi connectivity index (χ0n) is 15.9. The Labute approximate surface area is 170 Å². The van der Waals surface area contributed by atoms with Gasteiger partial charge in [-0.25, -0.2) is 8.42 Å². The third-order valence-corrected chi connectivity index (χ3v) is 5.18. The van der Waals surface area contributed by atoms with E-state index in [0.717, 1.165) is 21.9 Å². The molecule has 2 rings (SSSR count). The number of halogens is 1. The second-order valence-corrected chi connectivity index (χ2v) is 8.28. The number of hydrogen-bond acceptors (Lipinski definition) is 5. The molecule has 0 bridgehead atoms. The highest BCUT2D eigenvalue weighted by Gasteiger charge is 2.24. The molecular formula is C19H23ClN2O5S. The molecule has 0 saturated carbocycles. The van der Waals surface area contributed by atoms with Crippen LogP contribution in [0.4, 0.5) is 5.69 Å². The predicted molar refractivity (Wildman–Crippen MR) is 110 cm³/mol. The first-order valence-corrected chi connectivity index (χ1v) is 10.8. The number of nitrogens with zero attached hydrogens (tertiary/aromatic N) is 1. The molecule has 1 N–H and O–H groups in total. The molecule has 0 radical (unpaired) electrons. The number of anilines is 1. The predicted octanol–water partition coefficient (Wildman–Crippen LogP) is 2.83. The minimum Gasteiger partial charge on any atom is -0.495 e. The van der Waals surface area contributed by atoms with Gasteiger partial charge >= 0.3 is 0 Å². The number of hydrogen-bond donors (Lipinski definition) is 1. The van der Waals surface area contributed by atoms with E-state index >= 15 is 0 Å². The molecule has 1 amide bonds. The molecule has 0 saturated heterocycles. The number of methoxy groups -OCH3 is 1. The minimum absolute atomic E-state index is 0.203. The van der Waals surface area contributed by atoms with Crippen LogP contribution in [0.2, 0.25) is 5.02 Å². The lowest BCUT2D eigenvalue weighted by Crippen LogP contribution is -2.40. The van der Waals surface area contributed by atoms with Crippen molar-refractivity contribution in [3.63, 3.8) is 0 Å². The van der Waals surface area contributed by atoms with Crippen LogP contribution in [0.25, 0.3) is 0 Å². The van der Waals surface area contributed by atoms with E-state index in [2.05, 4.69) is 5.32 Å². The van der Waals surface area contributed by atoms with Crippen LogP contribution in [0.15, 0.2) is 42.5 Å². The number of ether oxygens (including phenoxy) is 2. The maximum atomic E-state index is 12.4. The molecular weight excluding hydrogens is 404 g/mol. The summed E-state index contributed by atoms with van der Waals surface area (Å²) in [5, 5.41) is 3.05. The van der Waals surface area contributed by atoms with Crippen molar-refractivity contribution < 1.29 is 22.7 Å². The average Bonchev–Trinajstić information content (AvgIpc) is 2.65. The third-order valence-electron chi connectivity index (χ3n) is 3.82. The minimum atomic E-state index is -3.74. The van der Waals surface area contributed by atoms with Crippen LogP contribution in [0.3, 0.4) is 0 Å². The van der Waals surface area contributed by atoms with Gasteiger partial charge in [-0.1, -0.05) is 23.7 Å². The zero-order chi connectivity index (χ0) is 20.7. The summed E-state index contributed by atoms with van der Waals surface area (Å²) in [6.07, 6.45) is 1.02. The van der Waals surface area contributed by atoms with Gasteiger partial charge in [0.2, 0.25) is 15.9 Å². The Morgan fingerprint density at radius 3 is 2.43 bits per heavy atom. The van der Waals surface area contributed by atoms with Gasteiger partial charge in [0.15, 0.2) is 0 Å². The van der Waals surface area contributed by atoms with Crippen LogP contribution >= 0.6 is 11.6 Å². The number of benzene rings is 2. The Bertz CT molecular complexity index is 916. The van der Waals surface area contributed by atoms with Gasteiger partial charge in [0.1, 0.15) is 18.0 Å². The Morgan fingerprint density at radius 1 is 1.18 bits per heavy atom. The van der Waals surface area contributed by atoms with Crippen molar-refractivity contribution in [1.82, 2.24) is 5.32 Å². The van der Waals surface area contributed by atoms with Gasteiger partial charge in [0.25, 0.3) is 0 Å². The molecule has 2 aromatic carbocycles. The number of carbonyl (C=O) groups is 1. The van der Waals surface area contributed by atoms with E-state index in [9.17, 15) is 13.2 Å². The maximum Gasteiger partial charge on any atom is 0.241 e. The largest absolute Gasteiger partial charge is 0.495 e. The quantitative estimate of drug-likeness (QED) is 0.666. The van der Waals surface area contributed by atoms with Gasteiger partial charge in [-0.05, 0) is 42.8 Å². The number of carbonyl (C=O) groups excluding carboxylic acids is 1. The van der Waals surface area contributed by atoms with Crippen molar-refractivity contribution in [2.75, 3.05) is 30.8 Å². The fraction of sp³-hybridized carbons (Fsp3) is 0.316. The Morgan fingerprint density at radius 2 is 1.86 bits per heavy atom. The number of amides is 1. The van der Waals surface area contributed by atoms with E-state index in [1.54, 1.807) is 12.1 Å². The van der Waals surface area contributed by atoms with Crippen molar-refractivity contribution in [2.24, 2.45) is 0 Å². The smallest absolute Gasteiger partial charge is 0.241 e. The summed E-state index contributed by atoms with van der Waals surface area (Å²) in [6.45, 7) is 2.34. The van der Waals surface area contributed by atoms with Crippen LogP contribution in [0.5, 0.6) is 11.5 Å². The molecule has 0 atom stereocenters. The topological polar surface area (TPSA) is 84.9 Å². The number of nitrogens with one attached hydrogen (secondary N) is 1. The Hall–Kier alpha value is -2.45. The van der Waals surface area contributed by atoms with Crippen molar-refractivity contribution in [2.45, 2.75) is 13.5 Å². The molecule has 0 unspecified atom stereocenters. The molecule has 0 heterocycles. The normalized spacial score (nSPS) is 11.0.